The Morgan fingerprint density at radius 1 is 1.60 bits per heavy atom. The van der Waals surface area contributed by atoms with Crippen LogP contribution in [-0.4, -0.2) is 14.7 Å². The zero-order valence-electron chi connectivity index (χ0n) is 9.29. The first-order valence-corrected chi connectivity index (χ1v) is 5.88. The van der Waals surface area contributed by atoms with E-state index in [0.29, 0.717) is 11.3 Å². The summed E-state index contributed by atoms with van der Waals surface area (Å²) in [6.45, 7) is 5.54. The molecule has 0 bridgehead atoms. The summed E-state index contributed by atoms with van der Waals surface area (Å²) in [5, 5.41) is 9.20. The molecular weight excluding hydrogens is 208 g/mol. The van der Waals surface area contributed by atoms with Gasteiger partial charge in [-0.1, -0.05) is 13.8 Å². The Morgan fingerprint density at radius 2 is 2.27 bits per heavy atom. The van der Waals surface area contributed by atoms with Gasteiger partial charge in [0.05, 0.1) is 12.3 Å². The van der Waals surface area contributed by atoms with Gasteiger partial charge in [0.2, 0.25) is 0 Å². The fraction of sp³-hybridized carbons (Fsp3) is 0.727. The second-order valence-electron chi connectivity index (χ2n) is 4.85. The number of aliphatic hydroxyl groups excluding tert-OH is 1. The molecule has 1 saturated carbocycles. The molecule has 2 N–H and O–H groups in total. The van der Waals surface area contributed by atoms with Crippen molar-refractivity contribution in [1.82, 2.24) is 9.55 Å². The van der Waals surface area contributed by atoms with E-state index in [4.69, 9.17) is 12.2 Å². The van der Waals surface area contributed by atoms with Crippen LogP contribution < -0.4 is 0 Å². The van der Waals surface area contributed by atoms with Gasteiger partial charge in [0.1, 0.15) is 0 Å². The van der Waals surface area contributed by atoms with E-state index in [1.54, 1.807) is 6.20 Å². The molecule has 3 nitrogen and oxygen atoms in total. The van der Waals surface area contributed by atoms with Gasteiger partial charge in [-0.15, -0.1) is 0 Å². The molecule has 0 spiro atoms. The Bertz CT molecular complexity index is 401. The van der Waals surface area contributed by atoms with E-state index < -0.39 is 0 Å². The van der Waals surface area contributed by atoms with Gasteiger partial charge in [-0.2, -0.15) is 0 Å². The van der Waals surface area contributed by atoms with Gasteiger partial charge in [-0.25, -0.2) is 0 Å². The quantitative estimate of drug-likeness (QED) is 0.774. The third-order valence-electron chi connectivity index (χ3n) is 3.71. The van der Waals surface area contributed by atoms with E-state index >= 15 is 0 Å². The minimum Gasteiger partial charge on any atom is -0.390 e. The van der Waals surface area contributed by atoms with E-state index in [9.17, 15) is 5.11 Å². The first-order valence-electron chi connectivity index (χ1n) is 5.47. The normalized spacial score (nSPS) is 18.4. The molecular formula is C11H18N2OS. The topological polar surface area (TPSA) is 41.0 Å². The Balaban J connectivity index is 2.24. The number of aromatic nitrogens is 2. The number of hydrogen-bond acceptors (Lipinski definition) is 2. The number of nitrogens with one attached hydrogen (secondary N) is 1. The molecule has 1 aromatic rings. The van der Waals surface area contributed by atoms with E-state index in [-0.39, 0.29) is 6.61 Å². The summed E-state index contributed by atoms with van der Waals surface area (Å²) >= 11 is 5.22. The average molecular weight is 226 g/mol. The number of aliphatic hydroxyl groups is 1. The van der Waals surface area contributed by atoms with Crippen LogP contribution in [-0.2, 0) is 13.2 Å². The van der Waals surface area contributed by atoms with Crippen LogP contribution in [0.4, 0.5) is 0 Å². The zero-order chi connectivity index (χ0) is 11.1. The number of imidazole rings is 1. The van der Waals surface area contributed by atoms with Crippen molar-refractivity contribution >= 4 is 12.2 Å². The predicted octanol–water partition coefficient (Wildman–Crippen LogP) is 2.47. The third-order valence-corrected chi connectivity index (χ3v) is 4.04. The lowest BCUT2D eigenvalue weighted by Crippen LogP contribution is -2.19. The summed E-state index contributed by atoms with van der Waals surface area (Å²) in [5.74, 6) is 0.681. The fourth-order valence-corrected chi connectivity index (χ4v) is 2.37. The smallest absolute Gasteiger partial charge is 0.177 e. The number of nitrogens with zero attached hydrogens (tertiary/aromatic N) is 1. The first-order chi connectivity index (χ1) is 7.09. The molecule has 0 unspecified atom stereocenters. The molecule has 1 heterocycles. The Kier molecular flexibility index (Phi) is 2.73. The summed E-state index contributed by atoms with van der Waals surface area (Å²) < 4.78 is 2.77. The van der Waals surface area contributed by atoms with Gasteiger partial charge in [-0.05, 0) is 36.4 Å². The Hall–Kier alpha value is -0.610. The van der Waals surface area contributed by atoms with E-state index in [2.05, 4.69) is 18.8 Å². The second-order valence-corrected chi connectivity index (χ2v) is 5.23. The highest BCUT2D eigenvalue weighted by Crippen LogP contribution is 2.53. The minimum absolute atomic E-state index is 0.0569. The molecule has 0 radical (unpaired) electrons. The SMILES string of the molecule is CC(C)C1(Cn2c(CO)c[nH]c2=S)CC1. The van der Waals surface area contributed by atoms with Crippen LogP contribution in [0.25, 0.3) is 0 Å². The molecule has 0 atom stereocenters. The predicted molar refractivity (Wildman–Crippen MR) is 62.0 cm³/mol. The summed E-state index contributed by atoms with van der Waals surface area (Å²) in [7, 11) is 0. The van der Waals surface area contributed by atoms with Gasteiger partial charge in [-0.3, -0.25) is 0 Å². The summed E-state index contributed by atoms with van der Waals surface area (Å²) in [5.41, 5.74) is 1.32. The van der Waals surface area contributed by atoms with Crippen molar-refractivity contribution in [2.45, 2.75) is 39.8 Å². The highest BCUT2D eigenvalue weighted by Gasteiger charge is 2.45. The van der Waals surface area contributed by atoms with Crippen LogP contribution in [0.15, 0.2) is 6.20 Å². The number of H-pyrrole nitrogens is 1. The first kappa shape index (κ1) is 10.9. The van der Waals surface area contributed by atoms with Crippen molar-refractivity contribution in [2.75, 3.05) is 0 Å². The Labute approximate surface area is 95.1 Å². The Morgan fingerprint density at radius 3 is 2.73 bits per heavy atom. The van der Waals surface area contributed by atoms with Crippen molar-refractivity contribution in [3.05, 3.63) is 16.7 Å². The van der Waals surface area contributed by atoms with Crippen molar-refractivity contribution in [3.8, 4) is 0 Å². The van der Waals surface area contributed by atoms with Crippen LogP contribution in [0.1, 0.15) is 32.4 Å². The van der Waals surface area contributed by atoms with E-state index in [1.807, 2.05) is 4.57 Å². The summed E-state index contributed by atoms with van der Waals surface area (Å²) in [4.78, 5) is 3.00. The van der Waals surface area contributed by atoms with Crippen LogP contribution in [0.2, 0.25) is 0 Å². The van der Waals surface area contributed by atoms with Crippen molar-refractivity contribution in [1.29, 1.82) is 0 Å². The molecule has 84 valence electrons. The molecule has 4 heteroatoms. The van der Waals surface area contributed by atoms with Crippen LogP contribution >= 0.6 is 12.2 Å². The summed E-state index contributed by atoms with van der Waals surface area (Å²) in [6, 6.07) is 0. The lowest BCUT2D eigenvalue weighted by molar-refractivity contribution is 0.254. The monoisotopic (exact) mass is 226 g/mol. The molecule has 0 amide bonds. The largest absolute Gasteiger partial charge is 0.390 e. The molecule has 1 fully saturated rings. The summed E-state index contributed by atoms with van der Waals surface area (Å²) in [6.07, 6.45) is 4.36. The molecule has 1 aliphatic rings. The van der Waals surface area contributed by atoms with Crippen LogP contribution in [0.5, 0.6) is 0 Å². The highest BCUT2D eigenvalue weighted by atomic mass is 32.1. The van der Waals surface area contributed by atoms with Crippen molar-refractivity contribution in [2.24, 2.45) is 11.3 Å². The fourth-order valence-electron chi connectivity index (χ4n) is 2.13. The third kappa shape index (κ3) is 1.88. The second kappa shape index (κ2) is 3.76. The molecule has 0 aromatic carbocycles. The van der Waals surface area contributed by atoms with Crippen molar-refractivity contribution < 1.29 is 5.11 Å². The van der Waals surface area contributed by atoms with Crippen LogP contribution in [0.3, 0.4) is 0 Å². The molecule has 15 heavy (non-hydrogen) atoms. The zero-order valence-corrected chi connectivity index (χ0v) is 10.1. The molecule has 1 aromatic heterocycles. The van der Waals surface area contributed by atoms with Gasteiger partial charge < -0.3 is 14.7 Å². The highest BCUT2D eigenvalue weighted by molar-refractivity contribution is 7.71. The standard InChI is InChI=1S/C11H18N2OS/c1-8(2)11(3-4-11)7-13-9(6-14)5-12-10(13)15/h5,8,14H,3-4,6-7H2,1-2H3,(H,12,15). The van der Waals surface area contributed by atoms with Gasteiger partial charge in [0.15, 0.2) is 4.77 Å². The lowest BCUT2D eigenvalue weighted by atomic mass is 9.92. The van der Waals surface area contributed by atoms with Gasteiger partial charge in [0.25, 0.3) is 0 Å². The maximum absolute atomic E-state index is 9.20. The molecule has 0 saturated heterocycles. The van der Waals surface area contributed by atoms with E-state index in [0.717, 1.165) is 17.0 Å². The number of rotatable bonds is 4. The number of hydrogen-bond donors (Lipinski definition) is 2. The van der Waals surface area contributed by atoms with E-state index in [1.165, 1.54) is 12.8 Å². The molecule has 1 aliphatic carbocycles. The molecule has 2 rings (SSSR count). The van der Waals surface area contributed by atoms with Crippen molar-refractivity contribution in [3.63, 3.8) is 0 Å². The van der Waals surface area contributed by atoms with Crippen LogP contribution in [0, 0.1) is 16.1 Å². The number of aromatic amines is 1. The van der Waals surface area contributed by atoms with Gasteiger partial charge in [0, 0.05) is 12.7 Å². The van der Waals surface area contributed by atoms with Gasteiger partial charge >= 0.3 is 0 Å². The lowest BCUT2D eigenvalue weighted by Gasteiger charge is -2.21. The minimum atomic E-state index is 0.0569. The maximum Gasteiger partial charge on any atom is 0.177 e. The average Bonchev–Trinajstić information content (AvgIpc) is 2.90. The molecule has 0 aliphatic heterocycles. The maximum atomic E-state index is 9.20.